The molecule has 100 valence electrons. The van der Waals surface area contributed by atoms with Gasteiger partial charge in [-0.3, -0.25) is 4.79 Å². The van der Waals surface area contributed by atoms with Crippen molar-refractivity contribution in [1.82, 2.24) is 9.47 Å². The molecule has 0 radical (unpaired) electrons. The Labute approximate surface area is 116 Å². The van der Waals surface area contributed by atoms with Crippen molar-refractivity contribution in [1.29, 1.82) is 0 Å². The van der Waals surface area contributed by atoms with Gasteiger partial charge in [0, 0.05) is 37.5 Å². The van der Waals surface area contributed by atoms with Gasteiger partial charge in [-0.15, -0.1) is 0 Å². The quantitative estimate of drug-likeness (QED) is 0.672. The van der Waals surface area contributed by atoms with E-state index in [-0.39, 0.29) is 11.7 Å². The van der Waals surface area contributed by atoms with Crippen LogP contribution in [0.5, 0.6) is 0 Å². The Morgan fingerprint density at radius 2 is 1.95 bits per heavy atom. The second kappa shape index (κ2) is 4.86. The normalized spacial score (nSPS) is 13.7. The minimum Gasteiger partial charge on any atom is -0.340 e. The fourth-order valence-corrected chi connectivity index (χ4v) is 2.21. The van der Waals surface area contributed by atoms with Gasteiger partial charge in [0.15, 0.2) is 0 Å². The third-order valence-corrected chi connectivity index (χ3v) is 3.31. The van der Waals surface area contributed by atoms with E-state index in [0.717, 1.165) is 12.1 Å². The lowest BCUT2D eigenvalue weighted by Gasteiger charge is -2.23. The number of amides is 1. The number of carbonyl (C=O) groups is 1. The molecule has 1 aliphatic heterocycles. The molecule has 3 nitrogen and oxygen atoms in total. The highest BCUT2D eigenvalue weighted by atomic mass is 19.1. The van der Waals surface area contributed by atoms with Crippen molar-refractivity contribution in [3.63, 3.8) is 0 Å². The van der Waals surface area contributed by atoms with Crippen molar-refractivity contribution in [2.75, 3.05) is 13.6 Å². The molecule has 4 heteroatoms. The van der Waals surface area contributed by atoms with Crippen LogP contribution in [0.1, 0.15) is 21.6 Å². The molecule has 0 saturated carbocycles. The van der Waals surface area contributed by atoms with Crippen molar-refractivity contribution < 1.29 is 9.18 Å². The minimum absolute atomic E-state index is 0.00931. The molecule has 20 heavy (non-hydrogen) atoms. The van der Waals surface area contributed by atoms with E-state index in [2.05, 4.69) is 11.8 Å². The molecule has 0 bridgehead atoms. The summed E-state index contributed by atoms with van der Waals surface area (Å²) in [6.07, 6.45) is 1.87. The van der Waals surface area contributed by atoms with E-state index in [9.17, 15) is 9.18 Å². The predicted octanol–water partition coefficient (Wildman–Crippen LogP) is 2.11. The molecule has 0 spiro atoms. The third kappa shape index (κ3) is 2.30. The molecular formula is C16H13FN2O. The lowest BCUT2D eigenvalue weighted by atomic mass is 10.2. The van der Waals surface area contributed by atoms with E-state index < -0.39 is 0 Å². The maximum Gasteiger partial charge on any atom is 0.270 e. The van der Waals surface area contributed by atoms with Gasteiger partial charge in [0.25, 0.3) is 5.91 Å². The fourth-order valence-electron chi connectivity index (χ4n) is 2.21. The van der Waals surface area contributed by atoms with Crippen LogP contribution in [0.25, 0.3) is 0 Å². The van der Waals surface area contributed by atoms with Gasteiger partial charge in [-0.25, -0.2) is 4.39 Å². The van der Waals surface area contributed by atoms with Gasteiger partial charge in [0.2, 0.25) is 0 Å². The molecule has 2 heterocycles. The summed E-state index contributed by atoms with van der Waals surface area (Å²) in [5.74, 6) is 5.59. The van der Waals surface area contributed by atoms with E-state index >= 15 is 0 Å². The summed E-state index contributed by atoms with van der Waals surface area (Å²) in [5, 5.41) is 0. The Bertz CT molecular complexity index is 736. The second-order valence-electron chi connectivity index (χ2n) is 4.79. The molecule has 0 aliphatic carbocycles. The van der Waals surface area contributed by atoms with Crippen molar-refractivity contribution in [2.24, 2.45) is 0 Å². The number of carbonyl (C=O) groups excluding carboxylic acids is 1. The summed E-state index contributed by atoms with van der Waals surface area (Å²) in [6, 6.07) is 7.94. The SMILES string of the molecule is CN1CCn2cc(C#Cc3cccc(F)c3)cc2C1=O. The Morgan fingerprint density at radius 3 is 2.75 bits per heavy atom. The fraction of sp³-hybridized carbons (Fsp3) is 0.188. The molecule has 0 fully saturated rings. The van der Waals surface area contributed by atoms with Crippen LogP contribution >= 0.6 is 0 Å². The van der Waals surface area contributed by atoms with Crippen LogP contribution in [0, 0.1) is 17.7 Å². The number of hydrogen-bond donors (Lipinski definition) is 0. The van der Waals surface area contributed by atoms with Gasteiger partial charge in [0.05, 0.1) is 0 Å². The third-order valence-electron chi connectivity index (χ3n) is 3.31. The van der Waals surface area contributed by atoms with Gasteiger partial charge < -0.3 is 9.47 Å². The average Bonchev–Trinajstić information content (AvgIpc) is 2.85. The van der Waals surface area contributed by atoms with E-state index in [1.807, 2.05) is 10.8 Å². The largest absolute Gasteiger partial charge is 0.340 e. The molecule has 2 aromatic rings. The van der Waals surface area contributed by atoms with Crippen molar-refractivity contribution in [3.05, 3.63) is 59.2 Å². The topological polar surface area (TPSA) is 25.2 Å². The van der Waals surface area contributed by atoms with Crippen LogP contribution in [0.15, 0.2) is 36.5 Å². The van der Waals surface area contributed by atoms with Gasteiger partial charge >= 0.3 is 0 Å². The molecule has 1 aromatic carbocycles. The number of fused-ring (bicyclic) bond motifs is 1. The Balaban J connectivity index is 1.91. The number of likely N-dealkylation sites (N-methyl/N-ethyl adjacent to an activating group) is 1. The maximum absolute atomic E-state index is 13.1. The van der Waals surface area contributed by atoms with Crippen molar-refractivity contribution >= 4 is 5.91 Å². The van der Waals surface area contributed by atoms with E-state index in [0.29, 0.717) is 17.8 Å². The van der Waals surface area contributed by atoms with Crippen LogP contribution in [0.2, 0.25) is 0 Å². The first-order chi connectivity index (χ1) is 9.63. The maximum atomic E-state index is 13.1. The smallest absolute Gasteiger partial charge is 0.270 e. The molecule has 0 unspecified atom stereocenters. The Morgan fingerprint density at radius 1 is 1.15 bits per heavy atom. The van der Waals surface area contributed by atoms with Crippen LogP contribution in [0.3, 0.4) is 0 Å². The standard InChI is InChI=1S/C16H13FN2O/c1-18-7-8-19-11-13(10-15(19)16(18)20)6-5-12-3-2-4-14(17)9-12/h2-4,9-11H,7-8H2,1H3. The minimum atomic E-state index is -0.301. The summed E-state index contributed by atoms with van der Waals surface area (Å²) in [7, 11) is 1.79. The first-order valence-corrected chi connectivity index (χ1v) is 6.37. The van der Waals surface area contributed by atoms with E-state index in [1.165, 1.54) is 12.1 Å². The van der Waals surface area contributed by atoms with Gasteiger partial charge in [0.1, 0.15) is 11.5 Å². The van der Waals surface area contributed by atoms with Crippen LogP contribution in [0.4, 0.5) is 4.39 Å². The summed E-state index contributed by atoms with van der Waals surface area (Å²) in [6.45, 7) is 1.48. The van der Waals surface area contributed by atoms with Crippen molar-refractivity contribution in [2.45, 2.75) is 6.54 Å². The molecule has 3 rings (SSSR count). The zero-order chi connectivity index (χ0) is 14.1. The predicted molar refractivity (Wildman–Crippen MR) is 73.8 cm³/mol. The molecule has 1 aliphatic rings. The number of hydrogen-bond acceptors (Lipinski definition) is 1. The van der Waals surface area contributed by atoms with Gasteiger partial charge in [-0.2, -0.15) is 0 Å². The van der Waals surface area contributed by atoms with E-state index in [1.54, 1.807) is 30.1 Å². The van der Waals surface area contributed by atoms with Gasteiger partial charge in [-0.1, -0.05) is 17.9 Å². The molecule has 0 N–H and O–H groups in total. The number of nitrogens with zero attached hydrogens (tertiary/aromatic N) is 2. The zero-order valence-corrected chi connectivity index (χ0v) is 11.1. The second-order valence-corrected chi connectivity index (χ2v) is 4.79. The number of halogens is 1. The lowest BCUT2D eigenvalue weighted by Crippen LogP contribution is -2.36. The molecule has 1 aromatic heterocycles. The molecule has 0 atom stereocenters. The molecule has 0 saturated heterocycles. The van der Waals surface area contributed by atoms with Crippen molar-refractivity contribution in [3.8, 4) is 11.8 Å². The lowest BCUT2D eigenvalue weighted by molar-refractivity contribution is 0.0749. The summed E-state index contributed by atoms with van der Waals surface area (Å²) in [4.78, 5) is 13.6. The monoisotopic (exact) mass is 268 g/mol. The summed E-state index contributed by atoms with van der Waals surface area (Å²) in [5.41, 5.74) is 2.05. The number of benzene rings is 1. The van der Waals surface area contributed by atoms with Crippen LogP contribution < -0.4 is 0 Å². The summed E-state index contributed by atoms with van der Waals surface area (Å²) >= 11 is 0. The highest BCUT2D eigenvalue weighted by Gasteiger charge is 2.21. The first-order valence-electron chi connectivity index (χ1n) is 6.37. The Kier molecular flexibility index (Phi) is 3.03. The van der Waals surface area contributed by atoms with Crippen LogP contribution in [-0.2, 0) is 6.54 Å². The number of aromatic nitrogens is 1. The highest BCUT2D eigenvalue weighted by Crippen LogP contribution is 2.15. The highest BCUT2D eigenvalue weighted by molar-refractivity contribution is 5.93. The summed E-state index contributed by atoms with van der Waals surface area (Å²) < 4.78 is 15.0. The average molecular weight is 268 g/mol. The zero-order valence-electron chi connectivity index (χ0n) is 11.1. The van der Waals surface area contributed by atoms with E-state index in [4.69, 9.17) is 0 Å². The first kappa shape index (κ1) is 12.5. The Hall–Kier alpha value is -2.54. The van der Waals surface area contributed by atoms with Crippen LogP contribution in [-0.4, -0.2) is 29.0 Å². The number of rotatable bonds is 0. The van der Waals surface area contributed by atoms with Gasteiger partial charge in [-0.05, 0) is 24.3 Å². The molecule has 1 amide bonds. The molecular weight excluding hydrogens is 255 g/mol.